The Morgan fingerprint density at radius 1 is 0.300 bits per heavy atom. The molecule has 0 amide bonds. The number of fused-ring (bicyclic) bond motifs is 14. The Bertz CT molecular complexity index is 2870. The van der Waals surface area contributed by atoms with Crippen LogP contribution in [-0.2, 0) is 0 Å². The van der Waals surface area contributed by atoms with Crippen molar-refractivity contribution in [3.63, 3.8) is 0 Å². The van der Waals surface area contributed by atoms with Gasteiger partial charge in [0.2, 0.25) is 0 Å². The smallest absolute Gasteiger partial charge is 0.152 e. The second-order valence-corrected chi connectivity index (χ2v) is 10.9. The van der Waals surface area contributed by atoms with Gasteiger partial charge in [-0.2, -0.15) is 0 Å². The summed E-state index contributed by atoms with van der Waals surface area (Å²) in [6.45, 7) is 0. The summed E-state index contributed by atoms with van der Waals surface area (Å²) in [5.41, 5.74) is 12.7. The molecule has 0 spiro atoms. The maximum atomic E-state index is 6.43. The predicted molar refractivity (Wildman–Crippen MR) is 165 cm³/mol. The van der Waals surface area contributed by atoms with Crippen LogP contribution >= 0.6 is 0 Å². The minimum atomic E-state index is 0.884. The molecule has 0 aliphatic heterocycles. The van der Waals surface area contributed by atoms with Gasteiger partial charge < -0.3 is 17.6 Å². The van der Waals surface area contributed by atoms with E-state index in [2.05, 4.69) is 122 Å². The maximum absolute atomic E-state index is 6.43. The quantitative estimate of drug-likeness (QED) is 0.187. The average molecular weight is 510 g/mol. The Morgan fingerprint density at radius 3 is 1.57 bits per heavy atom. The van der Waals surface area contributed by atoms with Gasteiger partial charge in [0.1, 0.15) is 0 Å². The minimum Gasteiger partial charge on any atom is -0.453 e. The Morgan fingerprint density at radius 2 is 0.775 bits per heavy atom. The summed E-state index contributed by atoms with van der Waals surface area (Å²) in [5, 5.41) is 7.56. The molecule has 0 N–H and O–H groups in total. The van der Waals surface area contributed by atoms with Gasteiger partial charge in [0.05, 0.1) is 49.7 Å². The van der Waals surface area contributed by atoms with Gasteiger partial charge in [-0.1, -0.05) is 78.9 Å². The molecular weight excluding hydrogens is 490 g/mol. The van der Waals surface area contributed by atoms with Gasteiger partial charge >= 0.3 is 0 Å². The first-order valence-corrected chi connectivity index (χ1v) is 13.7. The lowest BCUT2D eigenvalue weighted by Gasteiger charge is -2.12. The molecule has 0 atom stereocenters. The van der Waals surface area contributed by atoms with E-state index >= 15 is 0 Å². The zero-order valence-electron chi connectivity index (χ0n) is 21.2. The second kappa shape index (κ2) is 6.38. The molecular formula is C36H19N3O. The molecule has 5 heterocycles. The van der Waals surface area contributed by atoms with Crippen LogP contribution in [0.2, 0.25) is 0 Å². The molecule has 6 aromatic carbocycles. The SMILES string of the molecule is c1ccc2c(c1)oc1cccc3c4ccc5c6cccc7c6n(c6cccc8c9ccccc9n7c86)c5c4n2c13. The van der Waals surface area contributed by atoms with Crippen molar-refractivity contribution in [1.29, 1.82) is 0 Å². The summed E-state index contributed by atoms with van der Waals surface area (Å²) >= 11 is 0. The summed E-state index contributed by atoms with van der Waals surface area (Å²) in [6, 6.07) is 41.7. The average Bonchev–Trinajstić information content (AvgIpc) is 3.65. The van der Waals surface area contributed by atoms with Gasteiger partial charge in [-0.05, 0) is 36.4 Å². The second-order valence-electron chi connectivity index (χ2n) is 10.9. The van der Waals surface area contributed by atoms with Crippen molar-refractivity contribution in [3.05, 3.63) is 115 Å². The molecule has 0 saturated carbocycles. The first-order valence-electron chi connectivity index (χ1n) is 13.7. The standard InChI is InChI=1S/C36H19N3O/c1-2-12-26-20(8-1)21-9-5-15-29-32(21)37(26)28-14-6-10-22-24-18-19-25-23-11-7-17-31-34(23)38(27-13-3-4-16-30(27)40-31)35(25)36(24)39(29)33(22)28/h1-19H. The predicted octanol–water partition coefficient (Wildman–Crippen LogP) is 9.55. The Kier molecular flexibility index (Phi) is 3.12. The molecule has 4 heteroatoms. The number of benzene rings is 6. The van der Waals surface area contributed by atoms with Crippen molar-refractivity contribution < 1.29 is 4.42 Å². The van der Waals surface area contributed by atoms with Crippen LogP contribution in [0.3, 0.4) is 0 Å². The number of hydrogen-bond acceptors (Lipinski definition) is 1. The number of aromatic nitrogens is 3. The van der Waals surface area contributed by atoms with Crippen LogP contribution in [0, 0.1) is 0 Å². The lowest BCUT2D eigenvalue weighted by molar-refractivity contribution is 0.656. The Labute approximate surface area is 225 Å². The Hall–Kier alpha value is -5.48. The fourth-order valence-electron chi connectivity index (χ4n) is 7.67. The molecule has 11 rings (SSSR count). The van der Waals surface area contributed by atoms with E-state index in [4.69, 9.17) is 4.42 Å². The third-order valence-corrected chi connectivity index (χ3v) is 9.12. The third kappa shape index (κ3) is 1.99. The summed E-state index contributed by atoms with van der Waals surface area (Å²) in [6.07, 6.45) is 0. The molecule has 11 aromatic rings. The molecule has 0 aliphatic carbocycles. The molecule has 40 heavy (non-hydrogen) atoms. The third-order valence-electron chi connectivity index (χ3n) is 9.12. The van der Waals surface area contributed by atoms with E-state index in [0.29, 0.717) is 0 Å². The van der Waals surface area contributed by atoms with Gasteiger partial charge in [0, 0.05) is 32.3 Å². The van der Waals surface area contributed by atoms with E-state index in [1.807, 2.05) is 6.07 Å². The molecule has 0 fully saturated rings. The van der Waals surface area contributed by atoms with E-state index in [1.54, 1.807) is 0 Å². The first kappa shape index (κ1) is 19.6. The molecule has 0 bridgehead atoms. The highest BCUT2D eigenvalue weighted by molar-refractivity contribution is 6.28. The van der Waals surface area contributed by atoms with Crippen LogP contribution in [0.4, 0.5) is 0 Å². The van der Waals surface area contributed by atoms with Gasteiger partial charge in [-0.25, -0.2) is 0 Å². The van der Waals surface area contributed by atoms with Gasteiger partial charge in [0.15, 0.2) is 11.2 Å². The van der Waals surface area contributed by atoms with Crippen molar-refractivity contribution in [2.75, 3.05) is 0 Å². The zero-order valence-corrected chi connectivity index (χ0v) is 21.2. The Balaban J connectivity index is 1.56. The molecule has 0 saturated heterocycles. The van der Waals surface area contributed by atoms with E-state index in [9.17, 15) is 0 Å². The van der Waals surface area contributed by atoms with Crippen LogP contribution in [0.15, 0.2) is 120 Å². The highest BCUT2D eigenvalue weighted by atomic mass is 16.3. The molecule has 0 unspecified atom stereocenters. The van der Waals surface area contributed by atoms with E-state index in [1.165, 1.54) is 70.9 Å². The van der Waals surface area contributed by atoms with Crippen molar-refractivity contribution in [1.82, 2.24) is 13.2 Å². The van der Waals surface area contributed by atoms with Crippen LogP contribution in [-0.4, -0.2) is 13.2 Å². The number of rotatable bonds is 0. The number of para-hydroxylation sites is 6. The molecule has 0 radical (unpaired) electrons. The van der Waals surface area contributed by atoms with Crippen LogP contribution < -0.4 is 0 Å². The lowest BCUT2D eigenvalue weighted by Crippen LogP contribution is -1.97. The van der Waals surface area contributed by atoms with Crippen LogP contribution in [0.1, 0.15) is 0 Å². The van der Waals surface area contributed by atoms with Gasteiger partial charge in [-0.15, -0.1) is 0 Å². The number of hydrogen-bond donors (Lipinski definition) is 0. The summed E-state index contributed by atoms with van der Waals surface area (Å²) in [4.78, 5) is 0. The molecule has 5 aromatic heterocycles. The normalized spacial score (nSPS) is 13.0. The topological polar surface area (TPSA) is 26.4 Å². The van der Waals surface area contributed by atoms with E-state index < -0.39 is 0 Å². The van der Waals surface area contributed by atoms with E-state index in [-0.39, 0.29) is 0 Å². The number of nitrogens with zero attached hydrogens (tertiary/aromatic N) is 3. The molecule has 184 valence electrons. The van der Waals surface area contributed by atoms with Crippen LogP contribution in [0.5, 0.6) is 0 Å². The van der Waals surface area contributed by atoms with Crippen LogP contribution in [0.25, 0.3) is 93.1 Å². The van der Waals surface area contributed by atoms with Crippen molar-refractivity contribution in [2.24, 2.45) is 0 Å². The summed E-state index contributed by atoms with van der Waals surface area (Å²) in [5.74, 6) is 0. The molecule has 4 nitrogen and oxygen atoms in total. The summed E-state index contributed by atoms with van der Waals surface area (Å²) < 4.78 is 13.9. The van der Waals surface area contributed by atoms with E-state index in [0.717, 1.165) is 22.2 Å². The first-order chi connectivity index (χ1) is 19.9. The fourth-order valence-corrected chi connectivity index (χ4v) is 7.67. The minimum absolute atomic E-state index is 0.884. The molecule has 0 aliphatic rings. The zero-order chi connectivity index (χ0) is 25.7. The van der Waals surface area contributed by atoms with Gasteiger partial charge in [0.25, 0.3) is 0 Å². The maximum Gasteiger partial charge on any atom is 0.152 e. The van der Waals surface area contributed by atoms with Crippen molar-refractivity contribution in [2.45, 2.75) is 0 Å². The summed E-state index contributed by atoms with van der Waals surface area (Å²) in [7, 11) is 0. The largest absolute Gasteiger partial charge is 0.453 e. The van der Waals surface area contributed by atoms with Gasteiger partial charge in [-0.3, -0.25) is 0 Å². The monoisotopic (exact) mass is 509 g/mol. The van der Waals surface area contributed by atoms with Crippen molar-refractivity contribution >= 4 is 93.1 Å². The fraction of sp³-hybridized carbons (Fsp3) is 0. The van der Waals surface area contributed by atoms with Crippen molar-refractivity contribution in [3.8, 4) is 0 Å². The highest BCUT2D eigenvalue weighted by Crippen LogP contribution is 2.45. The highest BCUT2D eigenvalue weighted by Gasteiger charge is 2.24. The lowest BCUT2D eigenvalue weighted by atomic mass is 10.1.